The zero-order valence-corrected chi connectivity index (χ0v) is 17.9. The molecule has 158 valence electrons. The Hall–Kier alpha value is -3.46. The third-order valence-electron chi connectivity index (χ3n) is 4.74. The molecule has 0 fully saturated rings. The topological polar surface area (TPSA) is 98.7 Å². The molecule has 0 spiro atoms. The van der Waals surface area contributed by atoms with Gasteiger partial charge in [-0.3, -0.25) is 9.36 Å². The van der Waals surface area contributed by atoms with Gasteiger partial charge in [0, 0.05) is 40.7 Å². The van der Waals surface area contributed by atoms with Crippen LogP contribution in [0, 0.1) is 5.82 Å². The molecule has 0 aliphatic rings. The van der Waals surface area contributed by atoms with Crippen molar-refractivity contribution in [1.29, 1.82) is 0 Å². The Bertz CT molecular complexity index is 1290. The Labute approximate surface area is 182 Å². The molecule has 3 aromatic heterocycles. The van der Waals surface area contributed by atoms with Gasteiger partial charge >= 0.3 is 0 Å². The summed E-state index contributed by atoms with van der Waals surface area (Å²) in [5.41, 5.74) is 7.86. The molecule has 0 aliphatic carbocycles. The number of hydrogen-bond acceptors (Lipinski definition) is 7. The molecule has 9 heteroatoms. The average molecular weight is 437 g/mol. The first kappa shape index (κ1) is 20.8. The van der Waals surface area contributed by atoms with Crippen molar-refractivity contribution in [3.05, 3.63) is 76.6 Å². The summed E-state index contributed by atoms with van der Waals surface area (Å²) in [6, 6.07) is 11.9. The van der Waals surface area contributed by atoms with Gasteiger partial charge in [-0.1, -0.05) is 18.2 Å². The fraction of sp³-hybridized carbons (Fsp3) is 0.182. The minimum Gasteiger partial charge on any atom is -0.368 e. The van der Waals surface area contributed by atoms with Crippen molar-refractivity contribution >= 4 is 34.7 Å². The highest BCUT2D eigenvalue weighted by molar-refractivity contribution is 7.99. The third-order valence-corrected chi connectivity index (χ3v) is 5.55. The predicted molar refractivity (Wildman–Crippen MR) is 123 cm³/mol. The van der Waals surface area contributed by atoms with Gasteiger partial charge in [0.25, 0.3) is 5.56 Å². The van der Waals surface area contributed by atoms with Crippen molar-refractivity contribution in [2.45, 2.75) is 25.6 Å². The number of anilines is 2. The highest BCUT2D eigenvalue weighted by Crippen LogP contribution is 2.24. The Balaban J connectivity index is 1.59. The fourth-order valence-electron chi connectivity index (χ4n) is 3.24. The summed E-state index contributed by atoms with van der Waals surface area (Å²) in [4.78, 5) is 25.8. The molecule has 7 nitrogen and oxygen atoms in total. The lowest BCUT2D eigenvalue weighted by molar-refractivity contribution is 0.596. The number of hydrogen-bond donors (Lipinski definition) is 2. The molecule has 0 aliphatic heterocycles. The number of nitrogen functional groups attached to an aromatic ring is 1. The lowest BCUT2D eigenvalue weighted by atomic mass is 10.1. The first-order valence-corrected chi connectivity index (χ1v) is 10.7. The highest BCUT2D eigenvalue weighted by atomic mass is 32.2. The number of fused-ring (bicyclic) bond motifs is 1. The molecule has 0 radical (unpaired) electrons. The second-order valence-corrected chi connectivity index (χ2v) is 8.03. The van der Waals surface area contributed by atoms with Gasteiger partial charge in [0.15, 0.2) is 0 Å². The SMILES string of the molecule is CC(C)n1c(=O)c(-c2ccc(NSCc3ccccc3F)nc2)cc2cnc(N)nc21. The predicted octanol–water partition coefficient (Wildman–Crippen LogP) is 4.42. The van der Waals surface area contributed by atoms with E-state index in [-0.39, 0.29) is 23.4 Å². The summed E-state index contributed by atoms with van der Waals surface area (Å²) in [6.45, 7) is 3.84. The van der Waals surface area contributed by atoms with E-state index >= 15 is 0 Å². The van der Waals surface area contributed by atoms with Crippen molar-refractivity contribution < 1.29 is 4.39 Å². The first-order chi connectivity index (χ1) is 14.9. The number of nitrogens with one attached hydrogen (secondary N) is 1. The summed E-state index contributed by atoms with van der Waals surface area (Å²) in [7, 11) is 0. The van der Waals surface area contributed by atoms with E-state index in [0.717, 1.165) is 5.39 Å². The molecule has 0 atom stereocenters. The molecule has 0 saturated carbocycles. The van der Waals surface area contributed by atoms with Crippen LogP contribution in [0.15, 0.2) is 59.7 Å². The lowest BCUT2D eigenvalue weighted by Crippen LogP contribution is -2.25. The first-order valence-electron chi connectivity index (χ1n) is 9.69. The number of aromatic nitrogens is 4. The maximum Gasteiger partial charge on any atom is 0.260 e. The van der Waals surface area contributed by atoms with Crippen molar-refractivity contribution in [3.8, 4) is 11.1 Å². The summed E-state index contributed by atoms with van der Waals surface area (Å²) in [6.07, 6.45) is 3.25. The van der Waals surface area contributed by atoms with Crippen LogP contribution in [0.1, 0.15) is 25.5 Å². The lowest BCUT2D eigenvalue weighted by Gasteiger charge is -2.15. The number of halogens is 1. The fourth-order valence-corrected chi connectivity index (χ4v) is 3.97. The largest absolute Gasteiger partial charge is 0.368 e. The van der Waals surface area contributed by atoms with Crippen LogP contribution in [0.25, 0.3) is 22.2 Å². The molecular weight excluding hydrogens is 415 g/mol. The van der Waals surface area contributed by atoms with Crippen LogP contribution in [0.3, 0.4) is 0 Å². The van der Waals surface area contributed by atoms with Crippen molar-refractivity contribution in [3.63, 3.8) is 0 Å². The Kier molecular flexibility index (Phi) is 5.85. The molecule has 3 N–H and O–H groups in total. The van der Waals surface area contributed by atoms with Gasteiger partial charge in [-0.25, -0.2) is 14.4 Å². The molecule has 4 aromatic rings. The average Bonchev–Trinajstić information content (AvgIpc) is 2.75. The van der Waals surface area contributed by atoms with Gasteiger partial charge in [-0.15, -0.1) is 0 Å². The van der Waals surface area contributed by atoms with Crippen molar-refractivity contribution in [2.24, 2.45) is 0 Å². The van der Waals surface area contributed by atoms with E-state index in [9.17, 15) is 9.18 Å². The minimum atomic E-state index is -0.233. The number of benzene rings is 1. The van der Waals surface area contributed by atoms with Gasteiger partial charge in [0.05, 0.1) is 0 Å². The summed E-state index contributed by atoms with van der Waals surface area (Å²) in [5, 5.41) is 0.722. The van der Waals surface area contributed by atoms with E-state index in [4.69, 9.17) is 5.73 Å². The third kappa shape index (κ3) is 4.36. The standard InChI is InChI=1S/C22H21FN6OS/c1-13(2)29-20-16(11-26-22(24)27-20)9-17(21(29)30)14-7-8-19(25-10-14)28-31-12-15-5-3-4-6-18(15)23/h3-11,13H,12H2,1-2H3,(H,25,28)(H2,24,26,27). The van der Waals surface area contributed by atoms with E-state index in [1.165, 1.54) is 18.0 Å². The second-order valence-electron chi connectivity index (χ2n) is 7.25. The molecule has 0 amide bonds. The van der Waals surface area contributed by atoms with Gasteiger partial charge < -0.3 is 10.5 Å². The molecular formula is C22H21FN6OS. The van der Waals surface area contributed by atoms with E-state index in [2.05, 4.69) is 19.7 Å². The molecule has 1 aromatic carbocycles. The van der Waals surface area contributed by atoms with Crippen LogP contribution in [0.5, 0.6) is 0 Å². The molecule has 0 unspecified atom stereocenters. The normalized spacial score (nSPS) is 11.2. The maximum absolute atomic E-state index is 13.7. The Morgan fingerprint density at radius 2 is 1.97 bits per heavy atom. The quantitative estimate of drug-likeness (QED) is 0.432. The zero-order chi connectivity index (χ0) is 22.0. The summed E-state index contributed by atoms with van der Waals surface area (Å²) < 4.78 is 18.4. The Morgan fingerprint density at radius 1 is 1.16 bits per heavy atom. The van der Waals surface area contributed by atoms with Gasteiger partial charge in [-0.05, 0) is 55.6 Å². The highest BCUT2D eigenvalue weighted by Gasteiger charge is 2.15. The summed E-state index contributed by atoms with van der Waals surface area (Å²) >= 11 is 1.34. The molecule has 4 rings (SSSR count). The van der Waals surface area contributed by atoms with Crippen LogP contribution >= 0.6 is 11.9 Å². The van der Waals surface area contributed by atoms with Gasteiger partial charge in [-0.2, -0.15) is 4.98 Å². The van der Waals surface area contributed by atoms with Crippen molar-refractivity contribution in [2.75, 3.05) is 10.5 Å². The van der Waals surface area contributed by atoms with E-state index in [1.54, 1.807) is 47.3 Å². The van der Waals surface area contributed by atoms with E-state index in [0.29, 0.717) is 33.9 Å². The zero-order valence-electron chi connectivity index (χ0n) is 17.0. The number of nitrogens with two attached hydrogens (primary N) is 1. The van der Waals surface area contributed by atoms with Crippen LogP contribution in [0.2, 0.25) is 0 Å². The smallest absolute Gasteiger partial charge is 0.260 e. The van der Waals surface area contributed by atoms with Gasteiger partial charge in [0.1, 0.15) is 17.3 Å². The van der Waals surface area contributed by atoms with Crippen molar-refractivity contribution in [1.82, 2.24) is 19.5 Å². The number of pyridine rings is 2. The molecule has 31 heavy (non-hydrogen) atoms. The van der Waals surface area contributed by atoms with Crippen LogP contribution in [0.4, 0.5) is 16.2 Å². The monoisotopic (exact) mass is 436 g/mol. The van der Waals surface area contributed by atoms with E-state index < -0.39 is 0 Å². The molecule has 0 bridgehead atoms. The van der Waals surface area contributed by atoms with Crippen LogP contribution < -0.4 is 16.0 Å². The molecule has 3 heterocycles. The maximum atomic E-state index is 13.7. The summed E-state index contributed by atoms with van der Waals surface area (Å²) in [5.74, 6) is 0.969. The van der Waals surface area contributed by atoms with E-state index in [1.807, 2.05) is 19.9 Å². The second kappa shape index (κ2) is 8.73. The Morgan fingerprint density at radius 3 is 2.68 bits per heavy atom. The van der Waals surface area contributed by atoms with Crippen LogP contribution in [-0.2, 0) is 5.75 Å². The van der Waals surface area contributed by atoms with Gasteiger partial charge in [0.2, 0.25) is 5.95 Å². The van der Waals surface area contributed by atoms with Crippen LogP contribution in [-0.4, -0.2) is 19.5 Å². The minimum absolute atomic E-state index is 0.104. The number of rotatable bonds is 6. The number of nitrogens with zero attached hydrogens (tertiary/aromatic N) is 4. The molecule has 0 saturated heterocycles.